The molecule has 0 saturated carbocycles. The van der Waals surface area contributed by atoms with Crippen LogP contribution in [0.4, 0.5) is 0 Å². The van der Waals surface area contributed by atoms with Crippen LogP contribution in [0.5, 0.6) is 0 Å². The lowest BCUT2D eigenvalue weighted by Gasteiger charge is -2.27. The van der Waals surface area contributed by atoms with Crippen molar-refractivity contribution < 1.29 is 4.79 Å². The van der Waals surface area contributed by atoms with E-state index in [-0.39, 0.29) is 11.5 Å². The first-order chi connectivity index (χ1) is 6.69. The maximum Gasteiger partial charge on any atom is 0.219 e. The quantitative estimate of drug-likeness (QED) is 0.533. The summed E-state index contributed by atoms with van der Waals surface area (Å²) in [5.74, 6) is 0.0551. The van der Waals surface area contributed by atoms with E-state index >= 15 is 0 Å². The number of rotatable bonds is 0. The third-order valence-corrected chi connectivity index (χ3v) is 2.39. The van der Waals surface area contributed by atoms with Crippen LogP contribution in [0.25, 0.3) is 0 Å². The molecule has 0 atom stereocenters. The smallest absolute Gasteiger partial charge is 0.219 e. The van der Waals surface area contributed by atoms with Crippen molar-refractivity contribution in [1.29, 1.82) is 10.5 Å². The van der Waals surface area contributed by atoms with Crippen molar-refractivity contribution in [1.82, 2.24) is 4.90 Å². The first-order valence-electron chi connectivity index (χ1n) is 4.46. The molecule has 72 valence electrons. The van der Waals surface area contributed by atoms with Gasteiger partial charge in [0.25, 0.3) is 0 Å². The molecule has 0 aliphatic carbocycles. The molecule has 14 heavy (non-hydrogen) atoms. The minimum absolute atomic E-state index is 0.0551. The highest BCUT2D eigenvalue weighted by molar-refractivity contribution is 5.73. The minimum Gasteiger partial charge on any atom is -0.342 e. The molecule has 1 saturated heterocycles. The Hall–Kier alpha value is -1.81. The molecule has 4 nitrogen and oxygen atoms in total. The van der Waals surface area contributed by atoms with E-state index in [4.69, 9.17) is 10.5 Å². The van der Waals surface area contributed by atoms with Gasteiger partial charge in [0.2, 0.25) is 5.91 Å². The average Bonchev–Trinajstić information content (AvgIpc) is 2.20. The molecule has 0 aromatic carbocycles. The van der Waals surface area contributed by atoms with E-state index in [0.717, 1.165) is 5.57 Å². The minimum atomic E-state index is 0.0551. The average molecular weight is 189 g/mol. The van der Waals surface area contributed by atoms with Gasteiger partial charge in [-0.05, 0) is 18.4 Å². The van der Waals surface area contributed by atoms with Gasteiger partial charge in [-0.2, -0.15) is 10.5 Å². The number of likely N-dealkylation sites (tertiary alicyclic amines) is 1. The maximum atomic E-state index is 11.0. The van der Waals surface area contributed by atoms with Crippen LogP contribution in [-0.4, -0.2) is 23.9 Å². The van der Waals surface area contributed by atoms with Crippen LogP contribution in [-0.2, 0) is 4.79 Å². The molecule has 1 aliphatic rings. The van der Waals surface area contributed by atoms with Gasteiger partial charge in [-0.15, -0.1) is 0 Å². The van der Waals surface area contributed by atoms with Gasteiger partial charge in [-0.25, -0.2) is 0 Å². The number of nitriles is 2. The van der Waals surface area contributed by atoms with Crippen LogP contribution in [0.2, 0.25) is 0 Å². The second kappa shape index (κ2) is 4.43. The van der Waals surface area contributed by atoms with Crippen LogP contribution in [0.3, 0.4) is 0 Å². The Bertz CT molecular complexity index is 331. The number of hydrogen-bond donors (Lipinski definition) is 0. The molecule has 4 heteroatoms. The number of hydrogen-bond acceptors (Lipinski definition) is 3. The number of carbonyl (C=O) groups excluding carboxylic acids is 1. The molecule has 0 aromatic heterocycles. The molecule has 0 N–H and O–H groups in total. The van der Waals surface area contributed by atoms with Crippen molar-refractivity contribution in [2.24, 2.45) is 0 Å². The second-order valence-corrected chi connectivity index (χ2v) is 3.21. The molecule has 0 unspecified atom stereocenters. The number of amides is 1. The molecule has 1 aliphatic heterocycles. The number of nitrogens with zero attached hydrogens (tertiary/aromatic N) is 3. The highest BCUT2D eigenvalue weighted by Gasteiger charge is 2.18. The summed E-state index contributed by atoms with van der Waals surface area (Å²) in [5.41, 5.74) is 1.10. The third kappa shape index (κ3) is 2.11. The standard InChI is InChI=1S/C10H11N3O/c1-8(14)13-4-2-9(3-5-13)10(6-11)7-12/h2-5H2,1H3. The van der Waals surface area contributed by atoms with Crippen molar-refractivity contribution >= 4 is 5.91 Å². The Morgan fingerprint density at radius 1 is 1.29 bits per heavy atom. The molecule has 1 rings (SSSR count). The lowest BCUT2D eigenvalue weighted by atomic mass is 9.99. The van der Waals surface area contributed by atoms with Crippen LogP contribution in [0, 0.1) is 22.7 Å². The van der Waals surface area contributed by atoms with Gasteiger partial charge in [0.15, 0.2) is 0 Å². The Kier molecular flexibility index (Phi) is 3.25. The van der Waals surface area contributed by atoms with E-state index in [1.54, 1.807) is 4.90 Å². The van der Waals surface area contributed by atoms with Gasteiger partial charge in [-0.3, -0.25) is 4.79 Å². The summed E-state index contributed by atoms with van der Waals surface area (Å²) in [6.45, 7) is 2.78. The molecule has 0 bridgehead atoms. The summed E-state index contributed by atoms with van der Waals surface area (Å²) in [5, 5.41) is 17.3. The number of carbonyl (C=O) groups is 1. The number of allylic oxidation sites excluding steroid dienone is 1. The zero-order valence-corrected chi connectivity index (χ0v) is 8.08. The second-order valence-electron chi connectivity index (χ2n) is 3.21. The van der Waals surface area contributed by atoms with E-state index < -0.39 is 0 Å². The van der Waals surface area contributed by atoms with Gasteiger partial charge in [-0.1, -0.05) is 0 Å². The lowest BCUT2D eigenvalue weighted by molar-refractivity contribution is -0.129. The van der Waals surface area contributed by atoms with Crippen molar-refractivity contribution in [3.8, 4) is 12.1 Å². The Morgan fingerprint density at radius 3 is 2.14 bits per heavy atom. The van der Waals surface area contributed by atoms with Crippen molar-refractivity contribution in [2.45, 2.75) is 19.8 Å². The Morgan fingerprint density at radius 2 is 1.79 bits per heavy atom. The van der Waals surface area contributed by atoms with E-state index in [2.05, 4.69) is 0 Å². The predicted octanol–water partition coefficient (Wildman–Crippen LogP) is 0.972. The summed E-state index contributed by atoms with van der Waals surface area (Å²) >= 11 is 0. The largest absolute Gasteiger partial charge is 0.342 e. The monoisotopic (exact) mass is 189 g/mol. The molecule has 1 amide bonds. The van der Waals surface area contributed by atoms with Crippen LogP contribution >= 0.6 is 0 Å². The lowest BCUT2D eigenvalue weighted by Crippen LogP contribution is -2.34. The van der Waals surface area contributed by atoms with Gasteiger partial charge >= 0.3 is 0 Å². The van der Waals surface area contributed by atoms with E-state index in [1.807, 2.05) is 12.1 Å². The molecular formula is C10H11N3O. The van der Waals surface area contributed by atoms with Gasteiger partial charge < -0.3 is 4.90 Å². The molecule has 0 aromatic rings. The summed E-state index contributed by atoms with van der Waals surface area (Å²) in [6.07, 6.45) is 1.30. The summed E-state index contributed by atoms with van der Waals surface area (Å²) in [7, 11) is 0. The van der Waals surface area contributed by atoms with E-state index in [1.165, 1.54) is 6.92 Å². The zero-order valence-electron chi connectivity index (χ0n) is 8.08. The molecular weight excluding hydrogens is 178 g/mol. The molecule has 0 spiro atoms. The van der Waals surface area contributed by atoms with Crippen molar-refractivity contribution in [3.05, 3.63) is 11.1 Å². The van der Waals surface area contributed by atoms with Crippen LogP contribution in [0.15, 0.2) is 11.1 Å². The first-order valence-corrected chi connectivity index (χ1v) is 4.46. The summed E-state index contributed by atoms with van der Waals surface area (Å²) in [4.78, 5) is 12.7. The molecule has 1 heterocycles. The van der Waals surface area contributed by atoms with Crippen LogP contribution < -0.4 is 0 Å². The Balaban J connectivity index is 2.69. The van der Waals surface area contributed by atoms with Crippen molar-refractivity contribution in [3.63, 3.8) is 0 Å². The predicted molar refractivity (Wildman–Crippen MR) is 49.7 cm³/mol. The molecule has 1 fully saturated rings. The van der Waals surface area contributed by atoms with Gasteiger partial charge in [0.1, 0.15) is 17.7 Å². The highest BCUT2D eigenvalue weighted by atomic mass is 16.2. The fourth-order valence-electron chi connectivity index (χ4n) is 1.52. The first kappa shape index (κ1) is 10.3. The third-order valence-electron chi connectivity index (χ3n) is 2.39. The summed E-state index contributed by atoms with van der Waals surface area (Å²) in [6, 6.07) is 3.76. The van der Waals surface area contributed by atoms with Gasteiger partial charge in [0, 0.05) is 20.0 Å². The molecule has 0 radical (unpaired) electrons. The highest BCUT2D eigenvalue weighted by Crippen LogP contribution is 2.19. The SMILES string of the molecule is CC(=O)N1CCC(=C(C#N)C#N)CC1. The summed E-state index contributed by atoms with van der Waals surface area (Å²) < 4.78 is 0. The topological polar surface area (TPSA) is 67.9 Å². The fourth-order valence-corrected chi connectivity index (χ4v) is 1.52. The van der Waals surface area contributed by atoms with E-state index in [0.29, 0.717) is 25.9 Å². The normalized spacial score (nSPS) is 15.6. The fraction of sp³-hybridized carbons (Fsp3) is 0.500. The zero-order chi connectivity index (χ0) is 10.6. The number of piperidine rings is 1. The van der Waals surface area contributed by atoms with Crippen LogP contribution in [0.1, 0.15) is 19.8 Å². The van der Waals surface area contributed by atoms with E-state index in [9.17, 15) is 4.79 Å². The maximum absolute atomic E-state index is 11.0. The van der Waals surface area contributed by atoms with Gasteiger partial charge in [0.05, 0.1) is 0 Å². The Labute approximate surface area is 83.0 Å². The van der Waals surface area contributed by atoms with Crippen molar-refractivity contribution in [2.75, 3.05) is 13.1 Å².